The third kappa shape index (κ3) is 6.28. The number of carbonyl (C=O) groups is 2. The molecule has 0 radical (unpaired) electrons. The van der Waals surface area contributed by atoms with E-state index in [9.17, 15) is 36.8 Å². The van der Waals surface area contributed by atoms with Crippen LogP contribution in [-0.2, 0) is 6.42 Å². The van der Waals surface area contributed by atoms with Crippen molar-refractivity contribution >= 4 is 22.8 Å². The molecule has 2 aromatic carbocycles. The molecule has 222 valence electrons. The molecule has 1 aliphatic carbocycles. The summed E-state index contributed by atoms with van der Waals surface area (Å²) in [5.74, 6) is -2.32. The number of Topliss-reactive ketones (excluding diaryl/α,β-unsaturated/α-hetero) is 1. The summed E-state index contributed by atoms with van der Waals surface area (Å²) in [7, 11) is 1.38. The van der Waals surface area contributed by atoms with Crippen molar-refractivity contribution in [2.45, 2.75) is 45.2 Å². The number of nitriles is 1. The van der Waals surface area contributed by atoms with Crippen molar-refractivity contribution in [3.63, 3.8) is 0 Å². The van der Waals surface area contributed by atoms with Crippen LogP contribution in [0.3, 0.4) is 0 Å². The van der Waals surface area contributed by atoms with Gasteiger partial charge in [-0.25, -0.2) is 13.8 Å². The first-order valence-electron chi connectivity index (χ1n) is 13.6. The Morgan fingerprint density at radius 3 is 2.35 bits per heavy atom. The zero-order chi connectivity index (χ0) is 31.1. The van der Waals surface area contributed by atoms with Crippen LogP contribution in [0.15, 0.2) is 52.9 Å². The Hall–Kier alpha value is -4.59. The predicted octanol–water partition coefficient (Wildman–Crippen LogP) is 7.81. The lowest BCUT2D eigenvalue weighted by Crippen LogP contribution is -2.21. The number of alkyl halides is 3. The highest BCUT2D eigenvalue weighted by Gasteiger charge is 2.43. The molecular weight excluding hydrogens is 569 g/mol. The fourth-order valence-corrected chi connectivity index (χ4v) is 5.25. The van der Waals surface area contributed by atoms with Gasteiger partial charge < -0.3 is 9.73 Å². The summed E-state index contributed by atoms with van der Waals surface area (Å²) < 4.78 is 74.3. The lowest BCUT2D eigenvalue weighted by atomic mass is 9.80. The average Bonchev–Trinajstić information content (AvgIpc) is 3.76. The summed E-state index contributed by atoms with van der Waals surface area (Å²) in [4.78, 5) is 30.6. The van der Waals surface area contributed by atoms with E-state index in [1.165, 1.54) is 31.3 Å². The SMILES string of the molecule is CNC(=O)c1c(-c2ccc(F)cc2)oc2nc(CCC(F)(F)F)c(-c3cc(F)cc(C(=O)CC(C)(C#N)C4CC4)c3)cc12. The molecule has 2 aromatic heterocycles. The first-order chi connectivity index (χ1) is 20.3. The Morgan fingerprint density at radius 2 is 1.74 bits per heavy atom. The second-order valence-corrected chi connectivity index (χ2v) is 11.0. The number of aryl methyl sites for hydroxylation is 1. The molecule has 4 aromatic rings. The van der Waals surface area contributed by atoms with Gasteiger partial charge in [-0.3, -0.25) is 9.59 Å². The van der Waals surface area contributed by atoms with Gasteiger partial charge in [-0.1, -0.05) is 0 Å². The Balaban J connectivity index is 1.68. The number of carbonyl (C=O) groups excluding carboxylic acids is 2. The molecule has 0 aliphatic heterocycles. The number of nitrogens with one attached hydrogen (secondary N) is 1. The molecule has 1 saturated carbocycles. The largest absolute Gasteiger partial charge is 0.437 e. The molecule has 43 heavy (non-hydrogen) atoms. The van der Waals surface area contributed by atoms with Crippen molar-refractivity contribution in [1.29, 1.82) is 5.26 Å². The van der Waals surface area contributed by atoms with Crippen molar-refractivity contribution in [2.24, 2.45) is 11.3 Å². The Kier molecular flexibility index (Phi) is 7.82. The second-order valence-electron chi connectivity index (χ2n) is 11.0. The van der Waals surface area contributed by atoms with Gasteiger partial charge in [-0.2, -0.15) is 18.4 Å². The molecule has 11 heteroatoms. The van der Waals surface area contributed by atoms with E-state index in [4.69, 9.17) is 4.42 Å². The van der Waals surface area contributed by atoms with Crippen LogP contribution in [0.1, 0.15) is 59.0 Å². The van der Waals surface area contributed by atoms with Crippen LogP contribution < -0.4 is 5.32 Å². The average molecular weight is 596 g/mol. The number of furan rings is 1. The molecule has 5 rings (SSSR count). The van der Waals surface area contributed by atoms with Crippen molar-refractivity contribution in [1.82, 2.24) is 10.3 Å². The topological polar surface area (TPSA) is 96.0 Å². The quantitative estimate of drug-likeness (QED) is 0.157. The van der Waals surface area contributed by atoms with Crippen LogP contribution in [0.4, 0.5) is 22.0 Å². The molecule has 1 atom stereocenters. The summed E-state index contributed by atoms with van der Waals surface area (Å²) in [6, 6.07) is 12.1. The monoisotopic (exact) mass is 595 g/mol. The van der Waals surface area contributed by atoms with Gasteiger partial charge in [0.15, 0.2) is 5.78 Å². The van der Waals surface area contributed by atoms with Crippen molar-refractivity contribution in [2.75, 3.05) is 7.05 Å². The second kappa shape index (κ2) is 11.2. The van der Waals surface area contributed by atoms with Gasteiger partial charge in [0, 0.05) is 36.6 Å². The molecule has 0 saturated heterocycles. The van der Waals surface area contributed by atoms with E-state index in [1.807, 2.05) is 0 Å². The fourth-order valence-electron chi connectivity index (χ4n) is 5.25. The maximum Gasteiger partial charge on any atom is 0.389 e. The number of amides is 1. The third-order valence-electron chi connectivity index (χ3n) is 7.76. The van der Waals surface area contributed by atoms with Crippen molar-refractivity contribution < 1.29 is 36.0 Å². The van der Waals surface area contributed by atoms with Gasteiger partial charge in [0.25, 0.3) is 5.91 Å². The van der Waals surface area contributed by atoms with E-state index < -0.39 is 47.8 Å². The van der Waals surface area contributed by atoms with Gasteiger partial charge in [0.1, 0.15) is 17.4 Å². The number of nitrogens with zero attached hydrogens (tertiary/aromatic N) is 2. The number of halogens is 5. The molecule has 2 heterocycles. The van der Waals surface area contributed by atoms with Gasteiger partial charge in [-0.05, 0) is 86.2 Å². The van der Waals surface area contributed by atoms with Gasteiger partial charge in [-0.15, -0.1) is 0 Å². The van der Waals surface area contributed by atoms with E-state index >= 15 is 0 Å². The van der Waals surface area contributed by atoms with Crippen LogP contribution in [-0.4, -0.2) is 29.9 Å². The third-order valence-corrected chi connectivity index (χ3v) is 7.76. The lowest BCUT2D eigenvalue weighted by Gasteiger charge is -2.20. The summed E-state index contributed by atoms with van der Waals surface area (Å²) in [6.45, 7) is 1.69. The summed E-state index contributed by atoms with van der Waals surface area (Å²) in [5, 5.41) is 12.3. The summed E-state index contributed by atoms with van der Waals surface area (Å²) >= 11 is 0. The molecule has 6 nitrogen and oxygen atoms in total. The highest BCUT2D eigenvalue weighted by molar-refractivity contribution is 6.11. The van der Waals surface area contributed by atoms with Crippen LogP contribution in [0.5, 0.6) is 0 Å². The Bertz CT molecular complexity index is 1770. The number of aromatic nitrogens is 1. The first kappa shape index (κ1) is 29.9. The lowest BCUT2D eigenvalue weighted by molar-refractivity contribution is -0.134. The van der Waals surface area contributed by atoms with E-state index in [-0.39, 0.29) is 57.1 Å². The number of hydrogen-bond donors (Lipinski definition) is 1. The smallest absolute Gasteiger partial charge is 0.389 e. The van der Waals surface area contributed by atoms with Crippen LogP contribution in [0.25, 0.3) is 33.6 Å². The highest BCUT2D eigenvalue weighted by Crippen LogP contribution is 2.48. The molecule has 1 amide bonds. The van der Waals surface area contributed by atoms with Gasteiger partial charge in [0.05, 0.1) is 28.1 Å². The highest BCUT2D eigenvalue weighted by atomic mass is 19.4. The molecule has 1 fully saturated rings. The Labute approximate surface area is 243 Å². The van der Waals surface area contributed by atoms with E-state index in [0.717, 1.165) is 37.1 Å². The number of rotatable bonds is 9. The number of benzene rings is 2. The maximum absolute atomic E-state index is 15.0. The summed E-state index contributed by atoms with van der Waals surface area (Å²) in [6.07, 6.45) is -4.87. The maximum atomic E-state index is 15.0. The number of hydrogen-bond acceptors (Lipinski definition) is 5. The van der Waals surface area contributed by atoms with E-state index in [1.54, 1.807) is 6.92 Å². The van der Waals surface area contributed by atoms with Crippen molar-refractivity contribution in [3.8, 4) is 28.5 Å². The molecule has 0 spiro atoms. The normalized spacial score (nSPS) is 14.7. The molecule has 1 N–H and O–H groups in total. The van der Waals surface area contributed by atoms with Crippen LogP contribution in [0, 0.1) is 34.3 Å². The first-order valence-corrected chi connectivity index (χ1v) is 13.6. The van der Waals surface area contributed by atoms with Crippen LogP contribution in [0.2, 0.25) is 0 Å². The van der Waals surface area contributed by atoms with Gasteiger partial charge in [0.2, 0.25) is 5.71 Å². The fraction of sp³-hybridized carbons (Fsp3) is 0.312. The summed E-state index contributed by atoms with van der Waals surface area (Å²) in [5.41, 5.74) is -0.701. The zero-order valence-corrected chi connectivity index (χ0v) is 23.2. The van der Waals surface area contributed by atoms with E-state index in [2.05, 4.69) is 16.4 Å². The minimum Gasteiger partial charge on any atom is -0.437 e. The molecule has 1 unspecified atom stereocenters. The predicted molar refractivity (Wildman–Crippen MR) is 148 cm³/mol. The van der Waals surface area contributed by atoms with Crippen molar-refractivity contribution in [3.05, 3.63) is 77.0 Å². The Morgan fingerprint density at radius 1 is 1.05 bits per heavy atom. The number of fused-ring (bicyclic) bond motifs is 1. The minimum atomic E-state index is -4.53. The van der Waals surface area contributed by atoms with E-state index in [0.29, 0.717) is 5.56 Å². The number of pyridine rings is 1. The molecule has 1 aliphatic rings. The molecule has 0 bridgehead atoms. The molecular formula is C32H26F5N3O3. The number of ketones is 1. The standard InChI is InChI=1S/C32H26F5N3O3/c1-31(16-38,20-5-6-20)15-26(41)19-11-18(12-22(34)13-19)23-14-24-27(29(42)39-2)28(17-3-7-21(33)8-4-17)43-30(24)40-25(23)9-10-32(35,36)37/h3-4,7-8,11-14,20H,5-6,9-10,15H2,1-2H3,(H,39,42). The minimum absolute atomic E-state index is 0.00199. The zero-order valence-electron chi connectivity index (χ0n) is 23.2. The van der Waals surface area contributed by atoms with Gasteiger partial charge >= 0.3 is 6.18 Å². The van der Waals surface area contributed by atoms with Crippen LogP contribution >= 0.6 is 0 Å².